The molecule has 0 aliphatic rings. The highest BCUT2D eigenvalue weighted by molar-refractivity contribution is 7.84. The standard InChI is InChI=1S/C9H11NO.C8H11NO3S.C8H11N.C7H9N.2C3H8.2CH4/c1-10(2)9-5-3-8(7-11)4-6-9;1-7-4-3-5-9(8(7)2)6-13(10,11)12;1-9(2)8-6-4-3-5-7-8;1-6-4-3-5-8-7(6)2;2*1-3-2;;/h3-7H,1-2H3;3-5H,6H2,1-2H3;3-7H,1-2H3;3-5H,1-2H3;2*3H2,1-2H3;2*1H4. The van der Waals surface area contributed by atoms with Crippen molar-refractivity contribution in [2.75, 3.05) is 38.0 Å². The molecule has 0 unspecified atom stereocenters. The van der Waals surface area contributed by atoms with Crippen LogP contribution in [0.3, 0.4) is 0 Å². The fourth-order valence-electron chi connectivity index (χ4n) is 3.20. The first-order valence-corrected chi connectivity index (χ1v) is 17.4. The fraction of sp³-hybridized carbons (Fsp3) is 0.425. The summed E-state index contributed by atoms with van der Waals surface area (Å²) in [5.41, 5.74) is 7.21. The molecule has 0 saturated heterocycles. The molecule has 2 heterocycles. The van der Waals surface area contributed by atoms with Gasteiger partial charge in [-0.15, -0.1) is 0 Å². The van der Waals surface area contributed by atoms with Gasteiger partial charge < -0.3 is 14.4 Å². The van der Waals surface area contributed by atoms with Gasteiger partial charge in [-0.25, -0.2) is 8.42 Å². The molecule has 2 aromatic carbocycles. The van der Waals surface area contributed by atoms with Crippen molar-refractivity contribution < 1.29 is 22.3 Å². The lowest BCUT2D eigenvalue weighted by atomic mass is 10.2. The lowest BCUT2D eigenvalue weighted by Crippen LogP contribution is -2.40. The van der Waals surface area contributed by atoms with E-state index >= 15 is 0 Å². The molecular formula is C40H66N4O4S. The molecule has 8 nitrogen and oxygen atoms in total. The topological polar surface area (TPSA) is 97.5 Å². The zero-order valence-corrected chi connectivity index (χ0v) is 31.5. The van der Waals surface area contributed by atoms with Gasteiger partial charge in [0.15, 0.2) is 22.0 Å². The van der Waals surface area contributed by atoms with Crippen molar-refractivity contribution in [3.63, 3.8) is 0 Å². The average molecular weight is 699 g/mol. The summed E-state index contributed by atoms with van der Waals surface area (Å²) in [6.07, 6.45) is 6.74. The molecule has 4 rings (SSSR count). The Morgan fingerprint density at radius 3 is 1.49 bits per heavy atom. The number of carbonyl (C=O) groups excluding carboxylic acids is 1. The third-order valence-corrected chi connectivity index (χ3v) is 6.59. The molecule has 49 heavy (non-hydrogen) atoms. The van der Waals surface area contributed by atoms with Crippen LogP contribution in [0.15, 0.2) is 91.3 Å². The third-order valence-electron chi connectivity index (χ3n) is 6.00. The largest absolute Gasteiger partial charge is 0.743 e. The summed E-state index contributed by atoms with van der Waals surface area (Å²) in [5.74, 6) is -0.499. The number of para-hydroxylation sites is 1. The molecule has 0 fully saturated rings. The first-order valence-electron chi connectivity index (χ1n) is 15.8. The van der Waals surface area contributed by atoms with E-state index in [0.29, 0.717) is 0 Å². The number of nitrogens with zero attached hydrogens (tertiary/aromatic N) is 4. The van der Waals surface area contributed by atoms with Gasteiger partial charge in [0, 0.05) is 75.6 Å². The Bertz CT molecular complexity index is 1450. The number of hydrogen-bond donors (Lipinski definition) is 0. The van der Waals surface area contributed by atoms with Crippen LogP contribution in [-0.2, 0) is 16.0 Å². The predicted octanol–water partition coefficient (Wildman–Crippen LogP) is 9.21. The van der Waals surface area contributed by atoms with Crippen molar-refractivity contribution in [3.8, 4) is 0 Å². The average Bonchev–Trinajstić information content (AvgIpc) is 3.02. The minimum absolute atomic E-state index is 0. The Labute approximate surface area is 300 Å². The Kier molecular flexibility index (Phi) is 31.7. The fourth-order valence-corrected chi connectivity index (χ4v) is 3.82. The molecule has 9 heteroatoms. The van der Waals surface area contributed by atoms with E-state index in [4.69, 9.17) is 0 Å². The van der Waals surface area contributed by atoms with Crippen molar-refractivity contribution in [1.29, 1.82) is 0 Å². The normalized spacial score (nSPS) is 9.08. The van der Waals surface area contributed by atoms with Gasteiger partial charge in [0.05, 0.1) is 0 Å². The van der Waals surface area contributed by atoms with Gasteiger partial charge in [-0.2, -0.15) is 4.57 Å². The predicted molar refractivity (Wildman–Crippen MR) is 212 cm³/mol. The Morgan fingerprint density at radius 1 is 0.694 bits per heavy atom. The maximum absolute atomic E-state index is 10.5. The molecule has 0 atom stereocenters. The van der Waals surface area contributed by atoms with Crippen LogP contribution in [0.2, 0.25) is 0 Å². The number of aryl methyl sites for hydroxylation is 3. The van der Waals surface area contributed by atoms with E-state index in [1.54, 1.807) is 19.2 Å². The van der Waals surface area contributed by atoms with Crippen LogP contribution in [0, 0.1) is 27.7 Å². The summed E-state index contributed by atoms with van der Waals surface area (Å²) >= 11 is 0. The van der Waals surface area contributed by atoms with Crippen LogP contribution in [0.5, 0.6) is 0 Å². The lowest BCUT2D eigenvalue weighted by Gasteiger charge is -2.11. The summed E-state index contributed by atoms with van der Waals surface area (Å²) in [5, 5.41) is 0. The van der Waals surface area contributed by atoms with Gasteiger partial charge >= 0.3 is 0 Å². The van der Waals surface area contributed by atoms with E-state index in [1.807, 2.05) is 108 Å². The van der Waals surface area contributed by atoms with Crippen LogP contribution >= 0.6 is 0 Å². The van der Waals surface area contributed by atoms with Crippen molar-refractivity contribution in [3.05, 3.63) is 119 Å². The first-order chi connectivity index (χ1) is 22.1. The number of pyridine rings is 2. The minimum Gasteiger partial charge on any atom is -0.743 e. The van der Waals surface area contributed by atoms with Gasteiger partial charge in [-0.3, -0.25) is 9.78 Å². The molecule has 0 N–H and O–H groups in total. The molecule has 276 valence electrons. The second-order valence-corrected chi connectivity index (χ2v) is 12.5. The SMILES string of the molecule is C.C.CCC.CCC.CN(C)c1ccc(C=O)cc1.CN(C)c1ccccc1.Cc1ccc[n+](CS(=O)(=O)[O-])c1C.Cc1cccnc1C. The monoisotopic (exact) mass is 698 g/mol. The molecular weight excluding hydrogens is 633 g/mol. The molecule has 0 spiro atoms. The molecule has 4 aromatic rings. The Morgan fingerprint density at radius 2 is 1.14 bits per heavy atom. The second-order valence-electron chi connectivity index (χ2n) is 11.1. The van der Waals surface area contributed by atoms with E-state index in [2.05, 4.69) is 62.7 Å². The summed E-state index contributed by atoms with van der Waals surface area (Å²) in [6, 6.07) is 25.3. The molecule has 2 aromatic heterocycles. The van der Waals surface area contributed by atoms with Crippen LogP contribution < -0.4 is 14.4 Å². The van der Waals surface area contributed by atoms with Crippen LogP contribution in [0.4, 0.5) is 11.4 Å². The van der Waals surface area contributed by atoms with Gasteiger partial charge in [-0.1, -0.05) is 79.7 Å². The molecule has 0 radical (unpaired) electrons. The molecule has 0 bridgehead atoms. The maximum atomic E-state index is 10.5. The van der Waals surface area contributed by atoms with Crippen molar-refractivity contribution in [1.82, 2.24) is 4.98 Å². The van der Waals surface area contributed by atoms with E-state index < -0.39 is 16.0 Å². The number of aldehydes is 1. The number of anilines is 2. The van der Waals surface area contributed by atoms with E-state index in [1.165, 1.54) is 28.7 Å². The zero-order valence-electron chi connectivity index (χ0n) is 30.7. The van der Waals surface area contributed by atoms with Gasteiger partial charge in [0.25, 0.3) is 0 Å². The second kappa shape index (κ2) is 30.0. The van der Waals surface area contributed by atoms with Crippen LogP contribution in [-0.4, -0.2) is 52.4 Å². The van der Waals surface area contributed by atoms with Crippen LogP contribution in [0.25, 0.3) is 0 Å². The quantitative estimate of drug-likeness (QED) is 0.116. The first kappa shape index (κ1) is 51.7. The smallest absolute Gasteiger partial charge is 0.236 e. The molecule has 0 saturated carbocycles. The Balaban J connectivity index is -0.000000260. The van der Waals surface area contributed by atoms with E-state index in [-0.39, 0.29) is 14.9 Å². The zero-order chi connectivity index (χ0) is 36.4. The van der Waals surface area contributed by atoms with Crippen molar-refractivity contribution in [2.24, 2.45) is 0 Å². The van der Waals surface area contributed by atoms with Gasteiger partial charge in [0.2, 0.25) is 5.88 Å². The van der Waals surface area contributed by atoms with Gasteiger partial charge in [0.1, 0.15) is 6.29 Å². The van der Waals surface area contributed by atoms with Crippen molar-refractivity contribution >= 4 is 27.8 Å². The van der Waals surface area contributed by atoms with E-state index in [9.17, 15) is 17.8 Å². The Hall–Kier alpha value is -4.08. The van der Waals surface area contributed by atoms with Crippen molar-refractivity contribution in [2.45, 2.75) is 89.0 Å². The summed E-state index contributed by atoms with van der Waals surface area (Å²) in [6.45, 7) is 16.2. The third kappa shape index (κ3) is 26.5. The number of benzene rings is 2. The van der Waals surface area contributed by atoms with Crippen LogP contribution in [0.1, 0.15) is 88.3 Å². The highest BCUT2D eigenvalue weighted by Gasteiger charge is 2.10. The number of carbonyl (C=O) groups is 1. The number of hydrogen-bond acceptors (Lipinski definition) is 7. The summed E-state index contributed by atoms with van der Waals surface area (Å²) in [7, 11) is 3.81. The summed E-state index contributed by atoms with van der Waals surface area (Å²) in [4.78, 5) is 18.4. The minimum atomic E-state index is -4.20. The molecule has 0 aliphatic heterocycles. The highest BCUT2D eigenvalue weighted by Crippen LogP contribution is 2.10. The number of rotatable bonds is 5. The number of aromatic nitrogens is 2. The maximum Gasteiger partial charge on any atom is 0.236 e. The molecule has 0 amide bonds. The van der Waals surface area contributed by atoms with E-state index in [0.717, 1.165) is 34.5 Å². The summed E-state index contributed by atoms with van der Waals surface area (Å²) < 4.78 is 32.9. The molecule has 0 aliphatic carbocycles. The van der Waals surface area contributed by atoms with Gasteiger partial charge in [-0.05, 0) is 74.9 Å². The lowest BCUT2D eigenvalue weighted by molar-refractivity contribution is -0.684. The highest BCUT2D eigenvalue weighted by atomic mass is 32.2.